The zero-order chi connectivity index (χ0) is 18.0. The fourth-order valence-corrected chi connectivity index (χ4v) is 2.49. The maximum absolute atomic E-state index is 9.28. The van der Waals surface area contributed by atoms with Crippen LogP contribution in [0.15, 0.2) is 24.4 Å². The Kier molecular flexibility index (Phi) is 4.31. The summed E-state index contributed by atoms with van der Waals surface area (Å²) in [7, 11) is 1.57. The quantitative estimate of drug-likeness (QED) is 0.527. The number of H-pyrrole nitrogens is 1. The molecule has 8 nitrogen and oxygen atoms in total. The second-order valence-electron chi connectivity index (χ2n) is 5.82. The lowest BCUT2D eigenvalue weighted by Gasteiger charge is -2.14. The number of nitriles is 1. The lowest BCUT2D eigenvalue weighted by atomic mass is 10.2. The first-order chi connectivity index (χ1) is 12.0. The van der Waals surface area contributed by atoms with Gasteiger partial charge in [0.05, 0.1) is 23.7 Å². The highest BCUT2D eigenvalue weighted by Gasteiger charge is 2.15. The zero-order valence-corrected chi connectivity index (χ0v) is 14.2. The lowest BCUT2D eigenvalue weighted by Crippen LogP contribution is -2.13. The van der Waals surface area contributed by atoms with E-state index >= 15 is 0 Å². The maximum atomic E-state index is 9.28. The van der Waals surface area contributed by atoms with Crippen LogP contribution in [-0.2, 0) is 0 Å². The molecule has 25 heavy (non-hydrogen) atoms. The van der Waals surface area contributed by atoms with Crippen molar-refractivity contribution in [2.75, 3.05) is 23.5 Å². The molecule has 1 aromatic carbocycles. The molecule has 128 valence electrons. The van der Waals surface area contributed by atoms with E-state index in [9.17, 15) is 5.26 Å². The van der Waals surface area contributed by atoms with Gasteiger partial charge in [-0.2, -0.15) is 15.2 Å². The number of aromatic nitrogens is 3. The van der Waals surface area contributed by atoms with E-state index in [2.05, 4.69) is 31.7 Å². The van der Waals surface area contributed by atoms with Gasteiger partial charge < -0.3 is 26.1 Å². The lowest BCUT2D eigenvalue weighted by molar-refractivity contribution is 0.417. The number of nitrogens with zero attached hydrogens (tertiary/aromatic N) is 3. The summed E-state index contributed by atoms with van der Waals surface area (Å²) in [5.74, 6) is 1.56. The Labute approximate surface area is 145 Å². The molecule has 0 saturated carbocycles. The van der Waals surface area contributed by atoms with E-state index in [0.717, 1.165) is 0 Å². The number of hydrogen-bond donors (Lipinski definition) is 4. The van der Waals surface area contributed by atoms with Crippen molar-refractivity contribution in [1.29, 1.82) is 5.26 Å². The third-order valence-electron chi connectivity index (χ3n) is 3.55. The summed E-state index contributed by atoms with van der Waals surface area (Å²) in [6.45, 7) is 4.01. The van der Waals surface area contributed by atoms with E-state index < -0.39 is 0 Å². The van der Waals surface area contributed by atoms with Gasteiger partial charge >= 0.3 is 0 Å². The minimum Gasteiger partial charge on any atom is -0.494 e. The van der Waals surface area contributed by atoms with Crippen molar-refractivity contribution in [2.24, 2.45) is 0 Å². The van der Waals surface area contributed by atoms with Crippen molar-refractivity contribution < 1.29 is 4.74 Å². The van der Waals surface area contributed by atoms with Gasteiger partial charge in [0.1, 0.15) is 23.3 Å². The molecule has 0 fully saturated rings. The molecule has 0 unspecified atom stereocenters. The highest BCUT2D eigenvalue weighted by Crippen LogP contribution is 2.31. The standard InChI is InChI=1S/C17H19N7O/c1-9(2)21-16-14-10(7-18)8-20-15(14)23-17(24-16)22-12-5-4-11(19)6-13(12)25-3/h4-6,8-9H,19H2,1-3H3,(H3,20,21,22,23,24). The summed E-state index contributed by atoms with van der Waals surface area (Å²) in [6.07, 6.45) is 1.62. The largest absolute Gasteiger partial charge is 0.494 e. The van der Waals surface area contributed by atoms with Gasteiger partial charge in [-0.05, 0) is 26.0 Å². The predicted molar refractivity (Wildman–Crippen MR) is 98.1 cm³/mol. The molecule has 0 saturated heterocycles. The molecule has 3 rings (SSSR count). The van der Waals surface area contributed by atoms with Crippen molar-refractivity contribution >= 4 is 34.2 Å². The SMILES string of the molecule is COc1cc(N)ccc1Nc1nc(NC(C)C)c2c(C#N)c[nH]c2n1. The van der Waals surface area contributed by atoms with Crippen molar-refractivity contribution in [2.45, 2.75) is 19.9 Å². The van der Waals surface area contributed by atoms with Crippen LogP contribution in [0.2, 0.25) is 0 Å². The number of rotatable bonds is 5. The third kappa shape index (κ3) is 3.26. The van der Waals surface area contributed by atoms with E-state index in [1.807, 2.05) is 13.8 Å². The van der Waals surface area contributed by atoms with Crippen LogP contribution in [0.4, 0.5) is 23.1 Å². The molecule has 0 atom stereocenters. The number of benzene rings is 1. The van der Waals surface area contributed by atoms with Crippen molar-refractivity contribution in [3.05, 3.63) is 30.0 Å². The Hall–Kier alpha value is -3.47. The highest BCUT2D eigenvalue weighted by atomic mass is 16.5. The number of aromatic amines is 1. The van der Waals surface area contributed by atoms with Gasteiger partial charge in [0.25, 0.3) is 0 Å². The summed E-state index contributed by atoms with van der Waals surface area (Å²) >= 11 is 0. The highest BCUT2D eigenvalue weighted by molar-refractivity contribution is 5.93. The predicted octanol–water partition coefficient (Wildman–Crippen LogP) is 2.98. The molecule has 0 aliphatic rings. The molecule has 0 bridgehead atoms. The fraction of sp³-hybridized carbons (Fsp3) is 0.235. The topological polar surface area (TPSA) is 125 Å². The van der Waals surface area contributed by atoms with E-state index in [1.165, 1.54) is 0 Å². The second-order valence-corrected chi connectivity index (χ2v) is 5.82. The van der Waals surface area contributed by atoms with Crippen LogP contribution in [0.5, 0.6) is 5.75 Å². The Balaban J connectivity index is 2.07. The normalized spacial score (nSPS) is 10.7. The maximum Gasteiger partial charge on any atom is 0.231 e. The second kappa shape index (κ2) is 6.57. The van der Waals surface area contributed by atoms with Crippen LogP contribution in [0.3, 0.4) is 0 Å². The van der Waals surface area contributed by atoms with Crippen molar-refractivity contribution in [1.82, 2.24) is 15.0 Å². The fourth-order valence-electron chi connectivity index (χ4n) is 2.49. The Morgan fingerprint density at radius 1 is 1.32 bits per heavy atom. The van der Waals surface area contributed by atoms with Gasteiger partial charge in [-0.3, -0.25) is 0 Å². The smallest absolute Gasteiger partial charge is 0.231 e. The first-order valence-electron chi connectivity index (χ1n) is 7.78. The Bertz CT molecular complexity index is 956. The number of nitrogens with two attached hydrogens (primary N) is 1. The molecule has 0 amide bonds. The molecule has 0 aliphatic carbocycles. The monoisotopic (exact) mass is 337 g/mol. The van der Waals surface area contributed by atoms with E-state index in [-0.39, 0.29) is 6.04 Å². The van der Waals surface area contributed by atoms with Crippen LogP contribution >= 0.6 is 0 Å². The van der Waals surface area contributed by atoms with E-state index in [1.54, 1.807) is 31.5 Å². The molecule has 8 heteroatoms. The molecule has 3 aromatic rings. The summed E-state index contributed by atoms with van der Waals surface area (Å²) < 4.78 is 5.34. The van der Waals surface area contributed by atoms with Gasteiger partial charge in [-0.1, -0.05) is 0 Å². The van der Waals surface area contributed by atoms with E-state index in [0.29, 0.717) is 45.5 Å². The molecule has 0 spiro atoms. The minimum absolute atomic E-state index is 0.151. The Morgan fingerprint density at radius 2 is 2.12 bits per heavy atom. The van der Waals surface area contributed by atoms with Crippen LogP contribution < -0.4 is 21.1 Å². The molecule has 2 aromatic heterocycles. The summed E-state index contributed by atoms with van der Waals surface area (Å²) in [5.41, 5.74) is 8.15. The molecule has 5 N–H and O–H groups in total. The summed E-state index contributed by atoms with van der Waals surface area (Å²) in [5, 5.41) is 16.4. The number of nitrogen functional groups attached to an aromatic ring is 1. The van der Waals surface area contributed by atoms with Crippen LogP contribution in [0.1, 0.15) is 19.4 Å². The molecular weight excluding hydrogens is 318 g/mol. The van der Waals surface area contributed by atoms with Crippen LogP contribution in [-0.4, -0.2) is 28.1 Å². The van der Waals surface area contributed by atoms with Crippen molar-refractivity contribution in [3.63, 3.8) is 0 Å². The van der Waals surface area contributed by atoms with Gasteiger partial charge in [-0.25, -0.2) is 0 Å². The number of methoxy groups -OCH3 is 1. The number of fused-ring (bicyclic) bond motifs is 1. The van der Waals surface area contributed by atoms with Gasteiger partial charge in [0, 0.05) is 24.0 Å². The molecule has 0 radical (unpaired) electrons. The first kappa shape index (κ1) is 16.4. The summed E-state index contributed by atoms with van der Waals surface area (Å²) in [6, 6.07) is 7.58. The average Bonchev–Trinajstić information content (AvgIpc) is 2.99. The van der Waals surface area contributed by atoms with Gasteiger partial charge in [-0.15, -0.1) is 0 Å². The Morgan fingerprint density at radius 3 is 2.80 bits per heavy atom. The molecule has 0 aliphatic heterocycles. The minimum atomic E-state index is 0.151. The third-order valence-corrected chi connectivity index (χ3v) is 3.55. The zero-order valence-electron chi connectivity index (χ0n) is 14.2. The number of anilines is 4. The molecule has 2 heterocycles. The van der Waals surface area contributed by atoms with Gasteiger partial charge in [0.15, 0.2) is 0 Å². The first-order valence-corrected chi connectivity index (χ1v) is 7.78. The molecular formula is C17H19N7O. The number of ether oxygens (including phenoxy) is 1. The summed E-state index contributed by atoms with van der Waals surface area (Å²) in [4.78, 5) is 12.0. The van der Waals surface area contributed by atoms with Crippen LogP contribution in [0.25, 0.3) is 11.0 Å². The average molecular weight is 337 g/mol. The number of nitrogens with one attached hydrogen (secondary N) is 3. The van der Waals surface area contributed by atoms with Gasteiger partial charge in [0.2, 0.25) is 5.95 Å². The number of hydrogen-bond acceptors (Lipinski definition) is 7. The van der Waals surface area contributed by atoms with Crippen LogP contribution in [0, 0.1) is 11.3 Å². The van der Waals surface area contributed by atoms with Crippen molar-refractivity contribution in [3.8, 4) is 11.8 Å². The van der Waals surface area contributed by atoms with E-state index in [4.69, 9.17) is 10.5 Å².